The minimum Gasteiger partial charge on any atom is -0.339 e. The Morgan fingerprint density at radius 2 is 1.02 bits per heavy atom. The summed E-state index contributed by atoms with van der Waals surface area (Å²) in [4.78, 5) is 38.5. The smallest absolute Gasteiger partial charge is 0.246 e. The molecule has 2 fully saturated rings. The number of rotatable bonds is 5. The molecule has 40 heavy (non-hydrogen) atoms. The molecule has 0 N–H and O–H groups in total. The lowest BCUT2D eigenvalue weighted by atomic mass is 9.78. The molecule has 0 radical (unpaired) electrons. The van der Waals surface area contributed by atoms with Crippen LogP contribution in [0.3, 0.4) is 0 Å². The molecular weight excluding hydrogens is 496 g/mol. The first-order valence-corrected chi connectivity index (χ1v) is 14.3. The normalized spacial score (nSPS) is 17.4. The lowest BCUT2D eigenvalue weighted by Crippen LogP contribution is -2.43. The van der Waals surface area contributed by atoms with Gasteiger partial charge in [0.1, 0.15) is 0 Å². The van der Waals surface area contributed by atoms with Crippen LogP contribution in [-0.2, 0) is 9.59 Å². The Kier molecular flexibility index (Phi) is 7.67. The van der Waals surface area contributed by atoms with E-state index >= 15 is 0 Å². The van der Waals surface area contributed by atoms with Gasteiger partial charge in [0.25, 0.3) is 0 Å². The number of nitrogens with zero attached hydrogens (tertiary/aromatic N) is 4. The number of para-hydroxylation sites is 2. The van der Waals surface area contributed by atoms with Gasteiger partial charge >= 0.3 is 0 Å². The van der Waals surface area contributed by atoms with Crippen molar-refractivity contribution in [1.82, 2.24) is 19.8 Å². The van der Waals surface area contributed by atoms with E-state index in [0.717, 1.165) is 84.8 Å². The molecule has 2 amide bonds. The average molecular weight is 531 g/mol. The molecule has 6 rings (SSSR count). The van der Waals surface area contributed by atoms with Crippen LogP contribution in [-0.4, -0.2) is 57.8 Å². The number of aromatic nitrogens is 2. The second kappa shape index (κ2) is 11.8. The van der Waals surface area contributed by atoms with Gasteiger partial charge in [-0.3, -0.25) is 19.6 Å². The van der Waals surface area contributed by atoms with Crippen molar-refractivity contribution < 1.29 is 9.59 Å². The fourth-order valence-electron chi connectivity index (χ4n) is 6.09. The van der Waals surface area contributed by atoms with E-state index < -0.39 is 0 Å². The van der Waals surface area contributed by atoms with Gasteiger partial charge < -0.3 is 9.80 Å². The summed E-state index contributed by atoms with van der Waals surface area (Å²) in [7, 11) is 0. The molecule has 2 aliphatic heterocycles. The molecule has 6 heteroatoms. The molecule has 2 aromatic carbocycles. The lowest BCUT2D eigenvalue weighted by Gasteiger charge is -2.39. The Morgan fingerprint density at radius 1 is 0.625 bits per heavy atom. The number of benzene rings is 2. The molecule has 4 heterocycles. The second-order valence-electron chi connectivity index (χ2n) is 10.9. The Hall–Kier alpha value is -4.32. The number of carbonyl (C=O) groups is 2. The molecule has 0 aliphatic carbocycles. The first-order valence-electron chi connectivity index (χ1n) is 14.3. The Labute approximate surface area is 235 Å². The first kappa shape index (κ1) is 25.9. The quantitative estimate of drug-likeness (QED) is 0.298. The van der Waals surface area contributed by atoms with Gasteiger partial charge in [0.05, 0.1) is 11.0 Å². The van der Waals surface area contributed by atoms with Gasteiger partial charge in [-0.2, -0.15) is 0 Å². The van der Waals surface area contributed by atoms with Crippen LogP contribution in [0.25, 0.3) is 34.0 Å². The van der Waals surface area contributed by atoms with Gasteiger partial charge in [0.15, 0.2) is 0 Å². The highest BCUT2D eigenvalue weighted by Gasteiger charge is 2.31. The summed E-state index contributed by atoms with van der Waals surface area (Å²) in [5, 5.41) is 2.15. The van der Waals surface area contributed by atoms with Crippen LogP contribution in [0.15, 0.2) is 85.2 Å². The van der Waals surface area contributed by atoms with E-state index in [1.165, 1.54) is 0 Å². The molecule has 0 atom stereocenters. The predicted molar refractivity (Wildman–Crippen MR) is 160 cm³/mol. The molecular formula is C34H34N4O2. The molecule has 0 unspecified atom stereocenters. The maximum Gasteiger partial charge on any atom is 0.246 e. The minimum atomic E-state index is 0.0698. The Balaban J connectivity index is 0.959. The molecule has 6 nitrogen and oxygen atoms in total. The predicted octanol–water partition coefficient (Wildman–Crippen LogP) is 5.99. The summed E-state index contributed by atoms with van der Waals surface area (Å²) in [6.07, 6.45) is 14.8. The second-order valence-corrected chi connectivity index (χ2v) is 10.9. The topological polar surface area (TPSA) is 66.4 Å². The van der Waals surface area contributed by atoms with Crippen molar-refractivity contribution in [2.45, 2.75) is 25.7 Å². The maximum absolute atomic E-state index is 12.8. The van der Waals surface area contributed by atoms with E-state index in [2.05, 4.69) is 22.1 Å². The van der Waals surface area contributed by atoms with Crippen LogP contribution in [0.5, 0.6) is 0 Å². The Bertz CT molecular complexity index is 1460. The number of hydrogen-bond donors (Lipinski definition) is 0. The molecule has 0 spiro atoms. The molecule has 2 aliphatic rings. The van der Waals surface area contributed by atoms with Gasteiger partial charge in [0.2, 0.25) is 11.8 Å². The number of likely N-dealkylation sites (tertiary alicyclic amines) is 2. The third kappa shape index (κ3) is 5.96. The first-order chi connectivity index (χ1) is 19.6. The van der Waals surface area contributed by atoms with E-state index in [0.29, 0.717) is 11.8 Å². The van der Waals surface area contributed by atoms with Crippen molar-refractivity contribution in [1.29, 1.82) is 0 Å². The van der Waals surface area contributed by atoms with Gasteiger partial charge in [-0.25, -0.2) is 0 Å². The summed E-state index contributed by atoms with van der Waals surface area (Å²) in [5.74, 6) is 1.38. The van der Waals surface area contributed by atoms with Gasteiger partial charge in [-0.1, -0.05) is 36.4 Å². The largest absolute Gasteiger partial charge is 0.339 e. The fourth-order valence-corrected chi connectivity index (χ4v) is 6.09. The number of fused-ring (bicyclic) bond motifs is 2. The number of pyridine rings is 2. The van der Waals surface area contributed by atoms with Crippen molar-refractivity contribution in [3.63, 3.8) is 0 Å². The van der Waals surface area contributed by atoms with E-state index in [4.69, 9.17) is 0 Å². The third-order valence-electron chi connectivity index (χ3n) is 8.43. The number of carbonyl (C=O) groups excluding carboxylic acids is 2. The molecule has 0 saturated carbocycles. The average Bonchev–Trinajstić information content (AvgIpc) is 3.02. The van der Waals surface area contributed by atoms with Crippen LogP contribution in [0.4, 0.5) is 0 Å². The highest BCUT2D eigenvalue weighted by molar-refractivity contribution is 5.93. The summed E-state index contributed by atoms with van der Waals surface area (Å²) in [6, 6.07) is 20.1. The highest BCUT2D eigenvalue weighted by Crippen LogP contribution is 2.32. The zero-order chi connectivity index (χ0) is 27.3. The van der Waals surface area contributed by atoms with Crippen LogP contribution in [0.1, 0.15) is 36.8 Å². The molecule has 0 bridgehead atoms. The third-order valence-corrected chi connectivity index (χ3v) is 8.43. The van der Waals surface area contributed by atoms with Crippen molar-refractivity contribution in [3.8, 4) is 0 Å². The highest BCUT2D eigenvalue weighted by atomic mass is 16.2. The Morgan fingerprint density at radius 3 is 1.45 bits per heavy atom. The monoisotopic (exact) mass is 530 g/mol. The minimum absolute atomic E-state index is 0.0698. The van der Waals surface area contributed by atoms with Gasteiger partial charge in [-0.15, -0.1) is 0 Å². The van der Waals surface area contributed by atoms with Crippen LogP contribution in [0.2, 0.25) is 0 Å². The number of piperidine rings is 2. The number of amides is 2. The summed E-state index contributed by atoms with van der Waals surface area (Å²) in [5.41, 5.74) is 3.79. The maximum atomic E-state index is 12.8. The van der Waals surface area contributed by atoms with Gasteiger partial charge in [-0.05, 0) is 85.1 Å². The van der Waals surface area contributed by atoms with E-state index in [1.807, 2.05) is 82.9 Å². The van der Waals surface area contributed by atoms with Crippen molar-refractivity contribution in [3.05, 3.63) is 96.3 Å². The fraction of sp³-hybridized carbons (Fsp3) is 0.294. The molecule has 202 valence electrons. The lowest BCUT2D eigenvalue weighted by molar-refractivity contribution is -0.129. The van der Waals surface area contributed by atoms with Crippen molar-refractivity contribution >= 4 is 45.8 Å². The summed E-state index contributed by atoms with van der Waals surface area (Å²) in [6.45, 7) is 3.19. The SMILES string of the molecule is O=C(/C=C/c1cnc2ccccc2c1)N1CCC(C2CCN(C(=O)/C=C/c3cnc4ccccc4c3)CC2)CC1. The van der Waals surface area contributed by atoms with Crippen molar-refractivity contribution in [2.24, 2.45) is 11.8 Å². The van der Waals surface area contributed by atoms with Crippen LogP contribution >= 0.6 is 0 Å². The molecule has 2 aromatic heterocycles. The zero-order valence-corrected chi connectivity index (χ0v) is 22.7. The van der Waals surface area contributed by atoms with E-state index in [1.54, 1.807) is 12.2 Å². The summed E-state index contributed by atoms with van der Waals surface area (Å²) < 4.78 is 0. The zero-order valence-electron chi connectivity index (χ0n) is 22.7. The van der Waals surface area contributed by atoms with E-state index in [-0.39, 0.29) is 11.8 Å². The summed E-state index contributed by atoms with van der Waals surface area (Å²) >= 11 is 0. The van der Waals surface area contributed by atoms with Crippen LogP contribution in [0, 0.1) is 11.8 Å². The number of hydrogen-bond acceptors (Lipinski definition) is 4. The standard InChI is InChI=1S/C34H34N4O2/c39-33(11-9-25-21-29-5-1-3-7-31(29)35-23-25)37-17-13-27(14-18-37)28-15-19-38(20-16-28)34(40)12-10-26-22-30-6-2-4-8-32(30)36-24-26/h1-12,21-24,27-28H,13-20H2/b11-9+,12-10+. The van der Waals surface area contributed by atoms with E-state index in [9.17, 15) is 9.59 Å². The van der Waals surface area contributed by atoms with Crippen molar-refractivity contribution in [2.75, 3.05) is 26.2 Å². The van der Waals surface area contributed by atoms with Crippen LogP contribution < -0.4 is 0 Å². The van der Waals surface area contributed by atoms with Gasteiger partial charge in [0, 0.05) is 61.5 Å². The molecule has 2 saturated heterocycles. The molecule has 4 aromatic rings.